The van der Waals surface area contributed by atoms with Gasteiger partial charge in [0.1, 0.15) is 0 Å². The molecule has 0 unspecified atom stereocenters. The average Bonchev–Trinajstić information content (AvgIpc) is 2.71. The smallest absolute Gasteiger partial charge is 0.255 e. The molecule has 4 heteroatoms. The molecule has 2 aromatic rings. The fourth-order valence-electron chi connectivity index (χ4n) is 3.74. The number of alkyl halides is 3. The van der Waals surface area contributed by atoms with Gasteiger partial charge in [0.2, 0.25) is 0 Å². The lowest BCUT2D eigenvalue weighted by molar-refractivity contribution is -0.137. The van der Waals surface area contributed by atoms with Gasteiger partial charge >= 0.3 is 6.18 Å². The molecule has 0 aliphatic heterocycles. The Morgan fingerprint density at radius 1 is 1.00 bits per heavy atom. The molecule has 0 atom stereocenters. The molecule has 0 bridgehead atoms. The van der Waals surface area contributed by atoms with Crippen molar-refractivity contribution < 1.29 is 13.2 Å². The molecule has 1 nitrogen and oxygen atoms in total. The van der Waals surface area contributed by atoms with Crippen LogP contribution in [0.4, 0.5) is 13.2 Å². The summed E-state index contributed by atoms with van der Waals surface area (Å²) in [7, 11) is 0. The predicted octanol–water partition coefficient (Wildman–Crippen LogP) is 7.12. The zero-order chi connectivity index (χ0) is 20.0. The van der Waals surface area contributed by atoms with Crippen LogP contribution in [0.15, 0.2) is 42.6 Å². The van der Waals surface area contributed by atoms with Gasteiger partial charge in [-0.1, -0.05) is 50.2 Å². The molecule has 3 rings (SSSR count). The molecule has 0 N–H and O–H groups in total. The zero-order valence-electron chi connectivity index (χ0n) is 16.2. The summed E-state index contributed by atoms with van der Waals surface area (Å²) in [5.74, 6) is 7.94. The number of aromatic nitrogens is 1. The minimum atomic E-state index is -4.32. The van der Waals surface area contributed by atoms with Crippen molar-refractivity contribution in [2.24, 2.45) is 11.8 Å². The van der Waals surface area contributed by atoms with Gasteiger partial charge in [-0.3, -0.25) is 4.98 Å². The fourth-order valence-corrected chi connectivity index (χ4v) is 3.74. The van der Waals surface area contributed by atoms with Crippen molar-refractivity contribution >= 4 is 0 Å². The number of unbranched alkanes of at least 4 members (excludes halogenated alkanes) is 1. The van der Waals surface area contributed by atoms with Gasteiger partial charge in [0.25, 0.3) is 0 Å². The van der Waals surface area contributed by atoms with Crippen molar-refractivity contribution in [2.45, 2.75) is 58.0 Å². The number of rotatable bonds is 4. The van der Waals surface area contributed by atoms with Crippen LogP contribution in [0.3, 0.4) is 0 Å². The van der Waals surface area contributed by atoms with E-state index in [2.05, 4.69) is 23.7 Å². The number of nitrogens with zero attached hydrogens (tertiary/aromatic N) is 1. The minimum Gasteiger partial charge on any atom is -0.255 e. The average molecular weight is 385 g/mol. The Balaban J connectivity index is 1.58. The summed E-state index contributed by atoms with van der Waals surface area (Å²) < 4.78 is 38.0. The highest BCUT2D eigenvalue weighted by Crippen LogP contribution is 2.32. The lowest BCUT2D eigenvalue weighted by Crippen LogP contribution is -2.13. The molecular formula is C24H26F3N. The van der Waals surface area contributed by atoms with E-state index in [9.17, 15) is 13.2 Å². The van der Waals surface area contributed by atoms with Crippen molar-refractivity contribution in [3.8, 4) is 23.1 Å². The highest BCUT2D eigenvalue weighted by molar-refractivity contribution is 5.60. The lowest BCUT2D eigenvalue weighted by atomic mass is 9.80. The highest BCUT2D eigenvalue weighted by atomic mass is 19.4. The molecule has 1 aromatic carbocycles. The minimum absolute atomic E-state index is 0.465. The summed E-state index contributed by atoms with van der Waals surface area (Å²) in [6.07, 6.45) is 6.26. The fraction of sp³-hybridized carbons (Fsp3) is 0.458. The molecule has 1 aliphatic carbocycles. The third-order valence-electron chi connectivity index (χ3n) is 5.50. The first-order valence-electron chi connectivity index (χ1n) is 10.1. The Bertz CT molecular complexity index is 802. The van der Waals surface area contributed by atoms with Crippen molar-refractivity contribution in [2.75, 3.05) is 0 Å². The number of hydrogen-bond acceptors (Lipinski definition) is 1. The van der Waals surface area contributed by atoms with Crippen molar-refractivity contribution in [1.29, 1.82) is 0 Å². The molecule has 28 heavy (non-hydrogen) atoms. The van der Waals surface area contributed by atoms with E-state index in [1.165, 1.54) is 57.1 Å². The number of benzene rings is 1. The molecule has 1 aliphatic rings. The first kappa shape index (κ1) is 20.5. The summed E-state index contributed by atoms with van der Waals surface area (Å²) in [6.45, 7) is 2.24. The zero-order valence-corrected chi connectivity index (χ0v) is 16.2. The van der Waals surface area contributed by atoms with Crippen LogP contribution < -0.4 is 0 Å². The topological polar surface area (TPSA) is 12.9 Å². The van der Waals surface area contributed by atoms with Crippen LogP contribution >= 0.6 is 0 Å². The first-order chi connectivity index (χ1) is 13.5. The monoisotopic (exact) mass is 385 g/mol. The number of halogens is 3. The summed E-state index contributed by atoms with van der Waals surface area (Å²) in [4.78, 5) is 4.37. The van der Waals surface area contributed by atoms with E-state index in [1.54, 1.807) is 6.20 Å². The largest absolute Gasteiger partial charge is 0.416 e. The van der Waals surface area contributed by atoms with Crippen LogP contribution in [-0.2, 0) is 6.18 Å². The molecule has 0 saturated heterocycles. The summed E-state index contributed by atoms with van der Waals surface area (Å²) >= 11 is 0. The maximum absolute atomic E-state index is 12.7. The van der Waals surface area contributed by atoms with E-state index < -0.39 is 11.7 Å². The van der Waals surface area contributed by atoms with Crippen molar-refractivity contribution in [1.82, 2.24) is 4.98 Å². The van der Waals surface area contributed by atoms with Gasteiger partial charge in [0, 0.05) is 23.2 Å². The summed E-state index contributed by atoms with van der Waals surface area (Å²) in [6, 6.07) is 8.78. The predicted molar refractivity (Wildman–Crippen MR) is 107 cm³/mol. The molecule has 1 aromatic heterocycles. The van der Waals surface area contributed by atoms with Crippen LogP contribution in [0.2, 0.25) is 0 Å². The van der Waals surface area contributed by atoms with E-state index in [4.69, 9.17) is 0 Å². The van der Waals surface area contributed by atoms with Gasteiger partial charge in [-0.15, -0.1) is 0 Å². The third-order valence-corrected chi connectivity index (χ3v) is 5.50. The van der Waals surface area contributed by atoms with Gasteiger partial charge in [0.15, 0.2) is 0 Å². The second-order valence-corrected chi connectivity index (χ2v) is 7.64. The third kappa shape index (κ3) is 5.61. The highest BCUT2D eigenvalue weighted by Gasteiger charge is 2.30. The standard InChI is InChI=1S/C24H26F3N/c1-2-3-4-18-5-7-19(8-6-18)9-10-20-11-16-23(28-17-20)21-12-14-22(15-13-21)24(25,26)27/h11-19H,2-8H2,1H3. The van der Waals surface area contributed by atoms with Gasteiger partial charge in [-0.25, -0.2) is 0 Å². The van der Waals surface area contributed by atoms with Gasteiger partial charge in [0.05, 0.1) is 11.3 Å². The summed E-state index contributed by atoms with van der Waals surface area (Å²) in [5.41, 5.74) is 1.51. The number of pyridine rings is 1. The van der Waals surface area contributed by atoms with E-state index >= 15 is 0 Å². The van der Waals surface area contributed by atoms with Crippen LogP contribution in [-0.4, -0.2) is 4.98 Å². The summed E-state index contributed by atoms with van der Waals surface area (Å²) in [5, 5.41) is 0. The Morgan fingerprint density at radius 2 is 1.71 bits per heavy atom. The van der Waals surface area contributed by atoms with E-state index in [1.807, 2.05) is 12.1 Å². The van der Waals surface area contributed by atoms with Crippen LogP contribution in [0, 0.1) is 23.7 Å². The SMILES string of the molecule is CCCCC1CCC(C#Cc2ccc(-c3ccc(C(F)(F)F)cc3)nc2)CC1. The first-order valence-corrected chi connectivity index (χ1v) is 10.1. The second kappa shape index (κ2) is 9.28. The second-order valence-electron chi connectivity index (χ2n) is 7.64. The van der Waals surface area contributed by atoms with Crippen molar-refractivity contribution in [3.05, 3.63) is 53.7 Å². The molecule has 1 fully saturated rings. The molecule has 148 valence electrons. The van der Waals surface area contributed by atoms with E-state index in [0.717, 1.165) is 23.6 Å². The van der Waals surface area contributed by atoms with Crippen molar-refractivity contribution in [3.63, 3.8) is 0 Å². The normalized spacial score (nSPS) is 19.7. The van der Waals surface area contributed by atoms with E-state index in [-0.39, 0.29) is 0 Å². The maximum atomic E-state index is 12.7. The molecule has 1 saturated carbocycles. The molecule has 0 amide bonds. The lowest BCUT2D eigenvalue weighted by Gasteiger charge is -2.25. The van der Waals surface area contributed by atoms with Crippen LogP contribution in [0.5, 0.6) is 0 Å². The Kier molecular flexibility index (Phi) is 6.78. The van der Waals surface area contributed by atoms with E-state index in [0.29, 0.717) is 17.2 Å². The quantitative estimate of drug-likeness (QED) is 0.511. The number of hydrogen-bond donors (Lipinski definition) is 0. The Labute approximate surface area is 165 Å². The Morgan fingerprint density at radius 3 is 2.29 bits per heavy atom. The van der Waals surface area contributed by atoms with Crippen LogP contribution in [0.25, 0.3) is 11.3 Å². The molecule has 0 spiro atoms. The molecule has 1 heterocycles. The van der Waals surface area contributed by atoms with Gasteiger partial charge in [-0.2, -0.15) is 13.2 Å². The van der Waals surface area contributed by atoms with Gasteiger partial charge in [-0.05, 0) is 55.9 Å². The van der Waals surface area contributed by atoms with Crippen LogP contribution in [0.1, 0.15) is 63.0 Å². The van der Waals surface area contributed by atoms with Gasteiger partial charge < -0.3 is 0 Å². The maximum Gasteiger partial charge on any atom is 0.416 e. The Hall–Kier alpha value is -2.28. The molecular weight excluding hydrogens is 359 g/mol. The molecule has 0 radical (unpaired) electrons.